The van der Waals surface area contributed by atoms with E-state index in [1.165, 1.54) is 13.0 Å². The van der Waals surface area contributed by atoms with Crippen LogP contribution in [0, 0.1) is 5.92 Å². The van der Waals surface area contributed by atoms with Gasteiger partial charge >= 0.3 is 0 Å². The zero-order chi connectivity index (χ0) is 17.5. The first-order chi connectivity index (χ1) is 12.2. The van der Waals surface area contributed by atoms with Crippen LogP contribution in [0.1, 0.15) is 39.0 Å². The number of piperidine rings is 1. The quantitative estimate of drug-likeness (QED) is 0.789. The van der Waals surface area contributed by atoms with Crippen molar-refractivity contribution in [3.05, 3.63) is 18.5 Å². The number of rotatable bonds is 6. The molecule has 2 fully saturated rings. The number of nitrogens with zero attached hydrogens (tertiary/aromatic N) is 4. The Morgan fingerprint density at radius 1 is 1.28 bits per heavy atom. The molecule has 3 heterocycles. The summed E-state index contributed by atoms with van der Waals surface area (Å²) in [4.78, 5) is 17.4. The molecule has 2 saturated heterocycles. The Kier molecular flexibility index (Phi) is 6.87. The van der Waals surface area contributed by atoms with E-state index in [0.717, 1.165) is 45.5 Å². The smallest absolute Gasteiger partial charge is 0.222 e. The van der Waals surface area contributed by atoms with Crippen molar-refractivity contribution in [2.45, 2.75) is 51.7 Å². The topological polar surface area (TPSA) is 50.6 Å². The summed E-state index contributed by atoms with van der Waals surface area (Å²) >= 11 is 0. The number of hydrogen-bond acceptors (Lipinski definition) is 4. The molecule has 0 unspecified atom stereocenters. The Morgan fingerprint density at radius 2 is 2.12 bits per heavy atom. The molecule has 1 aromatic rings. The predicted octanol–water partition coefficient (Wildman–Crippen LogP) is 2.01. The summed E-state index contributed by atoms with van der Waals surface area (Å²) in [6.45, 7) is 8.68. The average molecular weight is 348 g/mol. The van der Waals surface area contributed by atoms with Gasteiger partial charge in [0.1, 0.15) is 0 Å². The lowest BCUT2D eigenvalue weighted by Gasteiger charge is -2.32. The second-order valence-corrected chi connectivity index (χ2v) is 7.40. The van der Waals surface area contributed by atoms with E-state index in [2.05, 4.69) is 16.9 Å². The molecule has 0 radical (unpaired) electrons. The minimum Gasteiger partial charge on any atom is -0.374 e. The molecule has 140 valence electrons. The third-order valence-electron chi connectivity index (χ3n) is 5.36. The van der Waals surface area contributed by atoms with E-state index in [-0.39, 0.29) is 6.10 Å². The second kappa shape index (κ2) is 9.34. The number of ether oxygens (including phenoxy) is 1. The Hall–Kier alpha value is -1.40. The number of likely N-dealkylation sites (tertiary alicyclic amines) is 1. The molecule has 25 heavy (non-hydrogen) atoms. The van der Waals surface area contributed by atoms with E-state index in [4.69, 9.17) is 4.74 Å². The van der Waals surface area contributed by atoms with Crippen molar-refractivity contribution >= 4 is 5.91 Å². The molecule has 0 N–H and O–H groups in total. The normalized spacial score (nSPS) is 23.6. The predicted molar refractivity (Wildman–Crippen MR) is 97.2 cm³/mol. The molecular formula is C19H32N4O2. The molecular weight excluding hydrogens is 316 g/mol. The molecule has 0 aliphatic carbocycles. The van der Waals surface area contributed by atoms with Gasteiger partial charge in [-0.25, -0.2) is 0 Å². The summed E-state index contributed by atoms with van der Waals surface area (Å²) < 4.78 is 7.82. The Bertz CT molecular complexity index is 512. The van der Waals surface area contributed by atoms with Crippen molar-refractivity contribution in [3.8, 4) is 0 Å². The number of carbonyl (C=O) groups excluding carboxylic acids is 1. The highest BCUT2D eigenvalue weighted by atomic mass is 16.5. The maximum absolute atomic E-state index is 12.8. The monoisotopic (exact) mass is 348 g/mol. The van der Waals surface area contributed by atoms with Crippen LogP contribution in [-0.4, -0.2) is 70.9 Å². The summed E-state index contributed by atoms with van der Waals surface area (Å²) in [5.41, 5.74) is 0. The van der Waals surface area contributed by atoms with Crippen molar-refractivity contribution in [1.29, 1.82) is 0 Å². The van der Waals surface area contributed by atoms with Crippen LogP contribution in [-0.2, 0) is 16.1 Å². The fourth-order valence-corrected chi connectivity index (χ4v) is 3.96. The van der Waals surface area contributed by atoms with Gasteiger partial charge in [-0.05, 0) is 57.3 Å². The van der Waals surface area contributed by atoms with E-state index in [9.17, 15) is 4.79 Å². The van der Waals surface area contributed by atoms with Crippen LogP contribution >= 0.6 is 0 Å². The maximum Gasteiger partial charge on any atom is 0.222 e. The second-order valence-electron chi connectivity index (χ2n) is 7.40. The van der Waals surface area contributed by atoms with Crippen molar-refractivity contribution in [1.82, 2.24) is 19.6 Å². The Labute approximate surface area is 151 Å². The third-order valence-corrected chi connectivity index (χ3v) is 5.36. The van der Waals surface area contributed by atoms with Crippen LogP contribution in [0.4, 0.5) is 0 Å². The van der Waals surface area contributed by atoms with Gasteiger partial charge in [0.05, 0.1) is 12.6 Å². The SMILES string of the molecule is CCCN1CCC(CC(=O)N2CCCO[C@H](Cn3cccn3)C2)CC1. The van der Waals surface area contributed by atoms with Gasteiger partial charge in [0.2, 0.25) is 5.91 Å². The maximum atomic E-state index is 12.8. The summed E-state index contributed by atoms with van der Waals surface area (Å²) in [5, 5.41) is 4.26. The van der Waals surface area contributed by atoms with Gasteiger partial charge in [-0.2, -0.15) is 5.10 Å². The number of aromatic nitrogens is 2. The molecule has 0 spiro atoms. The molecule has 0 saturated carbocycles. The Balaban J connectivity index is 1.47. The van der Waals surface area contributed by atoms with E-state index in [1.54, 1.807) is 6.20 Å². The molecule has 1 atom stereocenters. The first kappa shape index (κ1) is 18.4. The van der Waals surface area contributed by atoms with Crippen molar-refractivity contribution in [2.24, 2.45) is 5.92 Å². The van der Waals surface area contributed by atoms with Crippen molar-refractivity contribution in [2.75, 3.05) is 39.3 Å². The van der Waals surface area contributed by atoms with Crippen molar-refractivity contribution < 1.29 is 9.53 Å². The standard InChI is InChI=1S/C19H32N4O2/c1-2-8-21-11-5-17(6-12-21)14-19(24)22-9-4-13-25-18(15-22)16-23-10-3-7-20-23/h3,7,10,17-18H,2,4-6,8-9,11-16H2,1H3/t18-/m0/s1. The molecule has 6 nitrogen and oxygen atoms in total. The van der Waals surface area contributed by atoms with Gasteiger partial charge in [-0.3, -0.25) is 9.48 Å². The summed E-state index contributed by atoms with van der Waals surface area (Å²) in [7, 11) is 0. The molecule has 2 aliphatic heterocycles. The molecule has 1 aromatic heterocycles. The van der Waals surface area contributed by atoms with E-state index in [0.29, 0.717) is 31.3 Å². The van der Waals surface area contributed by atoms with Gasteiger partial charge in [0.25, 0.3) is 0 Å². The van der Waals surface area contributed by atoms with E-state index in [1.807, 2.05) is 21.8 Å². The number of hydrogen-bond donors (Lipinski definition) is 0. The lowest BCUT2D eigenvalue weighted by atomic mass is 9.93. The van der Waals surface area contributed by atoms with Crippen LogP contribution in [0.3, 0.4) is 0 Å². The summed E-state index contributed by atoms with van der Waals surface area (Å²) in [6, 6.07) is 1.92. The van der Waals surface area contributed by atoms with Crippen LogP contribution in [0.2, 0.25) is 0 Å². The van der Waals surface area contributed by atoms with Crippen molar-refractivity contribution in [3.63, 3.8) is 0 Å². The van der Waals surface area contributed by atoms with Gasteiger partial charge < -0.3 is 14.5 Å². The molecule has 0 bridgehead atoms. The highest BCUT2D eigenvalue weighted by molar-refractivity contribution is 5.76. The minimum absolute atomic E-state index is 0.0396. The lowest BCUT2D eigenvalue weighted by Crippen LogP contribution is -2.41. The van der Waals surface area contributed by atoms with Crippen LogP contribution in [0.25, 0.3) is 0 Å². The van der Waals surface area contributed by atoms with E-state index >= 15 is 0 Å². The zero-order valence-electron chi connectivity index (χ0n) is 15.5. The zero-order valence-corrected chi connectivity index (χ0v) is 15.5. The molecule has 1 amide bonds. The highest BCUT2D eigenvalue weighted by Gasteiger charge is 2.26. The van der Waals surface area contributed by atoms with Gasteiger partial charge in [0.15, 0.2) is 0 Å². The van der Waals surface area contributed by atoms with Gasteiger partial charge in [-0.15, -0.1) is 0 Å². The van der Waals surface area contributed by atoms with Crippen LogP contribution < -0.4 is 0 Å². The molecule has 3 rings (SSSR count). The first-order valence-electron chi connectivity index (χ1n) is 9.83. The third kappa shape index (κ3) is 5.54. The lowest BCUT2D eigenvalue weighted by molar-refractivity contribution is -0.133. The first-order valence-corrected chi connectivity index (χ1v) is 9.83. The van der Waals surface area contributed by atoms with Crippen LogP contribution in [0.5, 0.6) is 0 Å². The Morgan fingerprint density at radius 3 is 2.84 bits per heavy atom. The molecule has 6 heteroatoms. The van der Waals surface area contributed by atoms with Gasteiger partial charge in [0, 0.05) is 38.5 Å². The molecule has 2 aliphatic rings. The summed E-state index contributed by atoms with van der Waals surface area (Å²) in [5.74, 6) is 0.860. The van der Waals surface area contributed by atoms with Crippen LogP contribution in [0.15, 0.2) is 18.5 Å². The number of amides is 1. The number of carbonyl (C=O) groups is 1. The summed E-state index contributed by atoms with van der Waals surface area (Å²) in [6.07, 6.45) is 8.94. The van der Waals surface area contributed by atoms with Gasteiger partial charge in [-0.1, -0.05) is 6.92 Å². The van der Waals surface area contributed by atoms with E-state index < -0.39 is 0 Å². The average Bonchev–Trinajstić information content (AvgIpc) is 3.01. The fourth-order valence-electron chi connectivity index (χ4n) is 3.96. The minimum atomic E-state index is 0.0396. The highest BCUT2D eigenvalue weighted by Crippen LogP contribution is 2.22. The largest absolute Gasteiger partial charge is 0.374 e. The fraction of sp³-hybridized carbons (Fsp3) is 0.789. The molecule has 0 aromatic carbocycles.